The van der Waals surface area contributed by atoms with Gasteiger partial charge in [0.25, 0.3) is 0 Å². The standard InChI is InChI=1S/C9H13N3O/c1-7-11-12-9(13-7)6-10-8-4-2-3-5-8/h2-3,8,10H,4-6H2,1H3. The summed E-state index contributed by atoms with van der Waals surface area (Å²) in [6.07, 6.45) is 6.59. The number of nitrogens with one attached hydrogen (secondary N) is 1. The predicted molar refractivity (Wildman–Crippen MR) is 48.0 cm³/mol. The van der Waals surface area contributed by atoms with E-state index in [0.717, 1.165) is 12.8 Å². The molecule has 70 valence electrons. The molecular formula is C9H13N3O. The monoisotopic (exact) mass is 179 g/mol. The van der Waals surface area contributed by atoms with Crippen LogP contribution in [0.2, 0.25) is 0 Å². The summed E-state index contributed by atoms with van der Waals surface area (Å²) >= 11 is 0. The molecule has 0 fully saturated rings. The Hall–Kier alpha value is -1.16. The normalized spacial score (nSPS) is 17.0. The fraction of sp³-hybridized carbons (Fsp3) is 0.556. The van der Waals surface area contributed by atoms with Gasteiger partial charge in [-0.3, -0.25) is 0 Å². The lowest BCUT2D eigenvalue weighted by molar-refractivity contribution is 0.424. The van der Waals surface area contributed by atoms with Gasteiger partial charge in [0.2, 0.25) is 11.8 Å². The molecule has 4 nitrogen and oxygen atoms in total. The fourth-order valence-corrected chi connectivity index (χ4v) is 1.42. The largest absolute Gasteiger partial charge is 0.424 e. The first kappa shape index (κ1) is 8.44. The molecule has 1 aromatic rings. The third-order valence-electron chi connectivity index (χ3n) is 2.12. The Morgan fingerprint density at radius 1 is 1.46 bits per heavy atom. The Morgan fingerprint density at radius 3 is 2.85 bits per heavy atom. The number of aryl methyl sites for hydroxylation is 1. The summed E-state index contributed by atoms with van der Waals surface area (Å²) in [5.41, 5.74) is 0. The molecule has 0 radical (unpaired) electrons. The van der Waals surface area contributed by atoms with Crippen molar-refractivity contribution in [2.45, 2.75) is 32.4 Å². The maximum absolute atomic E-state index is 5.24. The molecule has 0 aromatic carbocycles. The lowest BCUT2D eigenvalue weighted by Crippen LogP contribution is -2.25. The second kappa shape index (κ2) is 3.70. The fourth-order valence-electron chi connectivity index (χ4n) is 1.42. The van der Waals surface area contributed by atoms with Crippen LogP contribution in [-0.2, 0) is 6.54 Å². The predicted octanol–water partition coefficient (Wildman–Crippen LogP) is 1.19. The molecule has 0 atom stereocenters. The van der Waals surface area contributed by atoms with Crippen molar-refractivity contribution >= 4 is 0 Å². The van der Waals surface area contributed by atoms with E-state index in [9.17, 15) is 0 Å². The lowest BCUT2D eigenvalue weighted by Gasteiger charge is -2.08. The van der Waals surface area contributed by atoms with Crippen LogP contribution in [0.1, 0.15) is 24.6 Å². The maximum Gasteiger partial charge on any atom is 0.230 e. The Bertz CT molecular complexity index is 298. The molecule has 1 heterocycles. The smallest absolute Gasteiger partial charge is 0.230 e. The first-order chi connectivity index (χ1) is 6.34. The van der Waals surface area contributed by atoms with Crippen molar-refractivity contribution in [3.63, 3.8) is 0 Å². The molecule has 4 heteroatoms. The molecule has 2 rings (SSSR count). The van der Waals surface area contributed by atoms with Crippen molar-refractivity contribution in [1.29, 1.82) is 0 Å². The van der Waals surface area contributed by atoms with Crippen LogP contribution in [0.15, 0.2) is 16.6 Å². The number of hydrogen-bond acceptors (Lipinski definition) is 4. The summed E-state index contributed by atoms with van der Waals surface area (Å²) in [4.78, 5) is 0. The van der Waals surface area contributed by atoms with Crippen LogP contribution in [0.25, 0.3) is 0 Å². The van der Waals surface area contributed by atoms with Gasteiger partial charge in [0.15, 0.2) is 0 Å². The number of hydrogen-bond donors (Lipinski definition) is 1. The van der Waals surface area contributed by atoms with Gasteiger partial charge < -0.3 is 9.73 Å². The number of rotatable bonds is 3. The first-order valence-corrected chi connectivity index (χ1v) is 4.52. The summed E-state index contributed by atoms with van der Waals surface area (Å²) in [6.45, 7) is 2.47. The highest BCUT2D eigenvalue weighted by Gasteiger charge is 2.10. The van der Waals surface area contributed by atoms with Crippen LogP contribution in [0.3, 0.4) is 0 Å². The van der Waals surface area contributed by atoms with Crippen LogP contribution in [-0.4, -0.2) is 16.2 Å². The van der Waals surface area contributed by atoms with Crippen LogP contribution < -0.4 is 5.32 Å². The van der Waals surface area contributed by atoms with E-state index in [1.165, 1.54) is 0 Å². The van der Waals surface area contributed by atoms with E-state index in [4.69, 9.17) is 4.42 Å². The Kier molecular flexibility index (Phi) is 2.40. The van der Waals surface area contributed by atoms with Gasteiger partial charge in [-0.25, -0.2) is 0 Å². The van der Waals surface area contributed by atoms with E-state index in [1.54, 1.807) is 6.92 Å². The molecule has 0 unspecified atom stereocenters. The van der Waals surface area contributed by atoms with E-state index >= 15 is 0 Å². The SMILES string of the molecule is Cc1nnc(CNC2CC=CC2)o1. The van der Waals surface area contributed by atoms with Gasteiger partial charge in [-0.15, -0.1) is 10.2 Å². The van der Waals surface area contributed by atoms with Gasteiger partial charge in [0.1, 0.15) is 0 Å². The lowest BCUT2D eigenvalue weighted by atomic mass is 10.2. The second-order valence-electron chi connectivity index (χ2n) is 3.24. The zero-order valence-corrected chi connectivity index (χ0v) is 7.66. The Morgan fingerprint density at radius 2 is 2.23 bits per heavy atom. The summed E-state index contributed by atoms with van der Waals surface area (Å²) in [5.74, 6) is 1.30. The Labute approximate surface area is 77.0 Å². The van der Waals surface area contributed by atoms with Crippen LogP contribution >= 0.6 is 0 Å². The minimum atomic E-state index is 0.548. The van der Waals surface area contributed by atoms with Crippen molar-refractivity contribution in [2.75, 3.05) is 0 Å². The highest BCUT2D eigenvalue weighted by atomic mass is 16.4. The van der Waals surface area contributed by atoms with Crippen LogP contribution in [0.4, 0.5) is 0 Å². The van der Waals surface area contributed by atoms with Crippen LogP contribution in [0, 0.1) is 6.92 Å². The van der Waals surface area contributed by atoms with E-state index in [0.29, 0.717) is 24.4 Å². The van der Waals surface area contributed by atoms with Crippen molar-refractivity contribution in [3.8, 4) is 0 Å². The first-order valence-electron chi connectivity index (χ1n) is 4.52. The third kappa shape index (κ3) is 2.15. The highest BCUT2D eigenvalue weighted by molar-refractivity contribution is 4.98. The van der Waals surface area contributed by atoms with Crippen molar-refractivity contribution < 1.29 is 4.42 Å². The summed E-state index contributed by atoms with van der Waals surface area (Å²) < 4.78 is 5.24. The van der Waals surface area contributed by atoms with Crippen LogP contribution in [0.5, 0.6) is 0 Å². The molecule has 1 aliphatic rings. The summed E-state index contributed by atoms with van der Waals surface area (Å²) in [5, 5.41) is 11.0. The van der Waals surface area contributed by atoms with Gasteiger partial charge in [-0.2, -0.15) is 0 Å². The minimum Gasteiger partial charge on any atom is -0.424 e. The van der Waals surface area contributed by atoms with Gasteiger partial charge in [-0.05, 0) is 12.8 Å². The van der Waals surface area contributed by atoms with E-state index in [1.807, 2.05) is 0 Å². The van der Waals surface area contributed by atoms with Crippen molar-refractivity contribution in [1.82, 2.24) is 15.5 Å². The van der Waals surface area contributed by atoms with Gasteiger partial charge in [0, 0.05) is 13.0 Å². The van der Waals surface area contributed by atoms with E-state index in [-0.39, 0.29) is 0 Å². The topological polar surface area (TPSA) is 51.0 Å². The quantitative estimate of drug-likeness (QED) is 0.708. The minimum absolute atomic E-state index is 0.548. The van der Waals surface area contributed by atoms with Gasteiger partial charge in [0.05, 0.1) is 6.54 Å². The molecule has 0 saturated heterocycles. The maximum atomic E-state index is 5.24. The van der Waals surface area contributed by atoms with E-state index in [2.05, 4.69) is 27.7 Å². The molecule has 0 bridgehead atoms. The van der Waals surface area contributed by atoms with Crippen molar-refractivity contribution in [2.24, 2.45) is 0 Å². The van der Waals surface area contributed by atoms with E-state index < -0.39 is 0 Å². The molecule has 0 spiro atoms. The third-order valence-corrected chi connectivity index (χ3v) is 2.12. The molecular weight excluding hydrogens is 166 g/mol. The number of aromatic nitrogens is 2. The average molecular weight is 179 g/mol. The summed E-state index contributed by atoms with van der Waals surface area (Å²) in [7, 11) is 0. The van der Waals surface area contributed by atoms with Gasteiger partial charge in [-0.1, -0.05) is 12.2 Å². The van der Waals surface area contributed by atoms with Gasteiger partial charge >= 0.3 is 0 Å². The average Bonchev–Trinajstić information content (AvgIpc) is 2.71. The Balaban J connectivity index is 1.79. The van der Waals surface area contributed by atoms with Crippen molar-refractivity contribution in [3.05, 3.63) is 23.9 Å². The molecule has 0 aliphatic heterocycles. The summed E-state index contributed by atoms with van der Waals surface area (Å²) in [6, 6.07) is 0.548. The second-order valence-corrected chi connectivity index (χ2v) is 3.24. The molecule has 1 aromatic heterocycles. The zero-order chi connectivity index (χ0) is 9.10. The molecule has 13 heavy (non-hydrogen) atoms. The highest BCUT2D eigenvalue weighted by Crippen LogP contribution is 2.09. The molecule has 0 saturated carbocycles. The molecule has 1 N–H and O–H groups in total. The molecule has 0 amide bonds. The number of nitrogens with zero attached hydrogens (tertiary/aromatic N) is 2. The molecule has 1 aliphatic carbocycles. The zero-order valence-electron chi connectivity index (χ0n) is 7.66.